The number of aromatic nitrogens is 1. The number of hydrogen-bond donors (Lipinski definition) is 1. The van der Waals surface area contributed by atoms with Crippen LogP contribution in [0.4, 0.5) is 6.01 Å². The van der Waals surface area contributed by atoms with Crippen LogP contribution in [0.2, 0.25) is 0 Å². The summed E-state index contributed by atoms with van der Waals surface area (Å²) < 4.78 is 16.5. The first-order valence-electron chi connectivity index (χ1n) is 9.21. The van der Waals surface area contributed by atoms with E-state index < -0.39 is 0 Å². The van der Waals surface area contributed by atoms with Crippen molar-refractivity contribution in [3.05, 3.63) is 54.1 Å². The number of oxazole rings is 1. The number of benzene rings is 2. The molecule has 0 amide bonds. The first-order chi connectivity index (χ1) is 13.2. The number of esters is 1. The molecule has 0 spiro atoms. The lowest BCUT2D eigenvalue weighted by molar-refractivity contribution is -0.821. The lowest BCUT2D eigenvalue weighted by Gasteiger charge is -2.10. The van der Waals surface area contributed by atoms with Gasteiger partial charge in [-0.15, -0.1) is 0 Å². The Morgan fingerprint density at radius 3 is 2.67 bits per heavy atom. The van der Waals surface area contributed by atoms with Crippen LogP contribution in [0.25, 0.3) is 11.1 Å². The number of hydrogen-bond acceptors (Lipinski definition) is 5. The molecule has 1 heterocycles. The van der Waals surface area contributed by atoms with Crippen LogP contribution in [0.15, 0.2) is 52.9 Å². The zero-order valence-electron chi connectivity index (χ0n) is 15.7. The third kappa shape index (κ3) is 5.31. The molecule has 142 valence electrons. The van der Waals surface area contributed by atoms with Gasteiger partial charge in [0.1, 0.15) is 24.4 Å². The molecule has 27 heavy (non-hydrogen) atoms. The first kappa shape index (κ1) is 18.9. The number of likely N-dealkylation sites (N-methyl/N-ethyl adjacent to an activating group) is 1. The van der Waals surface area contributed by atoms with E-state index in [0.717, 1.165) is 33.9 Å². The zero-order chi connectivity index (χ0) is 19.1. The molecule has 3 rings (SSSR count). The number of carbonyl (C=O) groups is 1. The molecule has 0 saturated heterocycles. The summed E-state index contributed by atoms with van der Waals surface area (Å²) in [6, 6.07) is 16.2. The minimum atomic E-state index is -0.164. The summed E-state index contributed by atoms with van der Waals surface area (Å²) in [5.41, 5.74) is 2.75. The van der Waals surface area contributed by atoms with Crippen LogP contribution >= 0.6 is 0 Å². The molecule has 1 unspecified atom stereocenters. The Bertz CT molecular complexity index is 840. The van der Waals surface area contributed by atoms with E-state index in [2.05, 4.69) is 4.98 Å². The van der Waals surface area contributed by atoms with Gasteiger partial charge in [0.15, 0.2) is 5.58 Å². The van der Waals surface area contributed by atoms with Crippen molar-refractivity contribution >= 4 is 23.1 Å². The summed E-state index contributed by atoms with van der Waals surface area (Å²) in [7, 11) is 2.01. The molecule has 0 bridgehead atoms. The van der Waals surface area contributed by atoms with Crippen LogP contribution in [-0.4, -0.2) is 37.8 Å². The first-order valence-corrected chi connectivity index (χ1v) is 9.21. The molecule has 6 heteroatoms. The summed E-state index contributed by atoms with van der Waals surface area (Å²) >= 11 is 0. The van der Waals surface area contributed by atoms with E-state index in [1.807, 2.05) is 62.5 Å². The third-order valence-electron chi connectivity index (χ3n) is 4.25. The molecule has 0 saturated carbocycles. The van der Waals surface area contributed by atoms with E-state index in [4.69, 9.17) is 13.9 Å². The number of fused-ring (bicyclic) bond motifs is 1. The van der Waals surface area contributed by atoms with E-state index in [1.165, 1.54) is 0 Å². The van der Waals surface area contributed by atoms with Gasteiger partial charge in [0.05, 0.1) is 13.7 Å². The highest BCUT2D eigenvalue weighted by Gasteiger charge is 2.15. The smallest absolute Gasteiger partial charge is 0.403 e. The predicted octanol–water partition coefficient (Wildman–Crippen LogP) is 2.55. The second-order valence-electron chi connectivity index (χ2n) is 6.31. The molecule has 0 aliphatic heterocycles. The highest BCUT2D eigenvalue weighted by atomic mass is 16.5. The van der Waals surface area contributed by atoms with Gasteiger partial charge >= 0.3 is 12.0 Å². The average Bonchev–Trinajstić information content (AvgIpc) is 3.12. The van der Waals surface area contributed by atoms with Gasteiger partial charge in [-0.1, -0.05) is 24.3 Å². The topological polar surface area (TPSA) is 66.0 Å². The van der Waals surface area contributed by atoms with E-state index >= 15 is 0 Å². The summed E-state index contributed by atoms with van der Waals surface area (Å²) in [6.45, 7) is 3.52. The number of carbonyl (C=O) groups excluding carboxylic acids is 1. The normalized spacial score (nSPS) is 12.1. The molecule has 2 aromatic carbocycles. The molecule has 0 aliphatic carbocycles. The van der Waals surface area contributed by atoms with E-state index in [-0.39, 0.29) is 5.97 Å². The maximum atomic E-state index is 11.4. The highest BCUT2D eigenvalue weighted by molar-refractivity contribution is 5.73. The van der Waals surface area contributed by atoms with E-state index in [9.17, 15) is 4.79 Å². The molecule has 3 aromatic rings. The summed E-state index contributed by atoms with van der Waals surface area (Å²) in [5, 5.41) is 0. The zero-order valence-corrected chi connectivity index (χ0v) is 15.7. The van der Waals surface area contributed by atoms with Crippen molar-refractivity contribution in [2.24, 2.45) is 0 Å². The Morgan fingerprint density at radius 1 is 1.15 bits per heavy atom. The largest absolute Gasteiger partial charge is 0.488 e. The number of para-hydroxylation sites is 2. The lowest BCUT2D eigenvalue weighted by atomic mass is 10.1. The monoisotopic (exact) mass is 369 g/mol. The number of nitrogens with one attached hydrogen (secondary N) is 1. The van der Waals surface area contributed by atoms with Gasteiger partial charge in [-0.2, -0.15) is 4.98 Å². The van der Waals surface area contributed by atoms with Gasteiger partial charge in [0.2, 0.25) is 0 Å². The van der Waals surface area contributed by atoms with Crippen molar-refractivity contribution in [1.82, 2.24) is 4.98 Å². The van der Waals surface area contributed by atoms with Gasteiger partial charge in [0, 0.05) is 6.42 Å². The Labute approximate surface area is 158 Å². The number of aryl methyl sites for hydroxylation is 1. The standard InChI is InChI=1S/C21H24N2O4/c1-3-25-20(24)13-10-16-8-11-17(12-9-16)26-15-14-23(2)21-22-18-6-4-5-7-19(18)27-21/h4-9,11-12H,3,10,13-15H2,1-2H3/p+1. The minimum absolute atomic E-state index is 0.164. The molecule has 1 atom stereocenters. The average molecular weight is 369 g/mol. The number of nitrogens with zero attached hydrogens (tertiary/aromatic N) is 1. The molecule has 0 fully saturated rings. The van der Waals surface area contributed by atoms with E-state index in [1.54, 1.807) is 0 Å². The Morgan fingerprint density at radius 2 is 1.93 bits per heavy atom. The molecule has 0 aliphatic rings. The maximum absolute atomic E-state index is 11.4. The molecule has 1 N–H and O–H groups in total. The van der Waals surface area contributed by atoms with Gasteiger partial charge < -0.3 is 13.9 Å². The lowest BCUT2D eigenvalue weighted by Crippen LogP contribution is -3.04. The van der Waals surface area contributed by atoms with Gasteiger partial charge in [-0.3, -0.25) is 9.69 Å². The second-order valence-corrected chi connectivity index (χ2v) is 6.31. The van der Waals surface area contributed by atoms with Crippen LogP contribution in [-0.2, 0) is 16.0 Å². The van der Waals surface area contributed by atoms with Gasteiger partial charge in [-0.25, -0.2) is 0 Å². The highest BCUT2D eigenvalue weighted by Crippen LogP contribution is 2.16. The third-order valence-corrected chi connectivity index (χ3v) is 4.25. The number of rotatable bonds is 9. The summed E-state index contributed by atoms with van der Waals surface area (Å²) in [6.07, 6.45) is 1.07. The van der Waals surface area contributed by atoms with Crippen LogP contribution in [0.5, 0.6) is 5.75 Å². The SMILES string of the molecule is CCOC(=O)CCc1ccc(OCC[NH+](C)c2nc3ccccc3o2)cc1. The maximum Gasteiger partial charge on any atom is 0.403 e. The van der Waals surface area contributed by atoms with Crippen LogP contribution in [0.3, 0.4) is 0 Å². The predicted molar refractivity (Wildman–Crippen MR) is 102 cm³/mol. The fraction of sp³-hybridized carbons (Fsp3) is 0.333. The Balaban J connectivity index is 1.45. The van der Waals surface area contributed by atoms with Crippen LogP contribution < -0.4 is 9.64 Å². The fourth-order valence-electron chi connectivity index (χ4n) is 2.72. The fourth-order valence-corrected chi connectivity index (χ4v) is 2.72. The quantitative estimate of drug-likeness (QED) is 0.587. The number of ether oxygens (including phenoxy) is 2. The summed E-state index contributed by atoms with van der Waals surface area (Å²) in [5.74, 6) is 0.642. The van der Waals surface area contributed by atoms with Crippen molar-refractivity contribution in [3.63, 3.8) is 0 Å². The molecular weight excluding hydrogens is 344 g/mol. The second kappa shape index (κ2) is 9.19. The Kier molecular flexibility index (Phi) is 6.44. The molecule has 0 radical (unpaired) electrons. The van der Waals surface area contributed by atoms with Crippen molar-refractivity contribution < 1.29 is 23.6 Å². The van der Waals surface area contributed by atoms with E-state index in [0.29, 0.717) is 32.1 Å². The van der Waals surface area contributed by atoms with Crippen molar-refractivity contribution in [2.45, 2.75) is 19.8 Å². The van der Waals surface area contributed by atoms with Gasteiger partial charge in [-0.05, 0) is 43.2 Å². The summed E-state index contributed by atoms with van der Waals surface area (Å²) in [4.78, 5) is 17.0. The van der Waals surface area contributed by atoms with Gasteiger partial charge in [0.25, 0.3) is 0 Å². The number of quaternary nitrogens is 1. The molecular formula is C21H25N2O4+. The van der Waals surface area contributed by atoms with Crippen molar-refractivity contribution in [2.75, 3.05) is 26.8 Å². The minimum Gasteiger partial charge on any atom is -0.488 e. The Hall–Kier alpha value is -2.86. The van der Waals surface area contributed by atoms with Crippen molar-refractivity contribution in [1.29, 1.82) is 0 Å². The van der Waals surface area contributed by atoms with Crippen molar-refractivity contribution in [3.8, 4) is 5.75 Å². The van der Waals surface area contributed by atoms with Crippen LogP contribution in [0, 0.1) is 0 Å². The van der Waals surface area contributed by atoms with Crippen LogP contribution in [0.1, 0.15) is 18.9 Å². The molecule has 6 nitrogen and oxygen atoms in total. The molecule has 1 aromatic heterocycles.